The molecule has 0 unspecified atom stereocenters. The summed E-state index contributed by atoms with van der Waals surface area (Å²) in [6.45, 7) is 0. The van der Waals surface area contributed by atoms with E-state index < -0.39 is 11.8 Å². The van der Waals surface area contributed by atoms with Crippen molar-refractivity contribution in [2.75, 3.05) is 18.2 Å². The summed E-state index contributed by atoms with van der Waals surface area (Å²) in [6.07, 6.45) is 0. The van der Waals surface area contributed by atoms with Gasteiger partial charge in [0.05, 0.1) is 18.1 Å². The van der Waals surface area contributed by atoms with Crippen molar-refractivity contribution in [3.8, 4) is 17.4 Å². The zero-order valence-corrected chi connectivity index (χ0v) is 14.5. The average molecular weight is 375 g/mol. The smallest absolute Gasteiger partial charge is 0.298 e. The largest absolute Gasteiger partial charge is 0.538 e. The van der Waals surface area contributed by atoms with E-state index in [1.807, 2.05) is 0 Å². The molecule has 3 rings (SSSR count). The fourth-order valence-electron chi connectivity index (χ4n) is 2.11. The van der Waals surface area contributed by atoms with Gasteiger partial charge < -0.3 is 19.7 Å². The maximum atomic E-state index is 12.9. The zero-order chi connectivity index (χ0) is 18.5. The number of ether oxygens (including phenoxy) is 1. The van der Waals surface area contributed by atoms with Crippen LogP contribution in [-0.2, 0) is 4.79 Å². The van der Waals surface area contributed by atoms with Crippen molar-refractivity contribution in [2.24, 2.45) is 0 Å². The second kappa shape index (κ2) is 7.87. The number of thioether (sulfide) groups is 1. The van der Waals surface area contributed by atoms with Gasteiger partial charge in [0.25, 0.3) is 5.03 Å². The highest BCUT2D eigenvalue weighted by Gasteiger charge is 2.22. The first-order valence-corrected chi connectivity index (χ1v) is 8.47. The van der Waals surface area contributed by atoms with Crippen molar-refractivity contribution in [2.45, 2.75) is 5.03 Å². The molecule has 1 N–H and O–H groups in total. The molecule has 134 valence electrons. The number of benzene rings is 2. The van der Waals surface area contributed by atoms with Gasteiger partial charge in [-0.1, -0.05) is 0 Å². The molecule has 0 aliphatic carbocycles. The molecule has 0 spiro atoms. The van der Waals surface area contributed by atoms with Crippen LogP contribution in [0, 0.1) is 5.82 Å². The van der Waals surface area contributed by atoms with Crippen LogP contribution >= 0.6 is 11.8 Å². The number of methoxy groups -OCH3 is 1. The first kappa shape index (κ1) is 17.7. The third-order valence-corrected chi connectivity index (χ3v) is 4.38. The van der Waals surface area contributed by atoms with Crippen LogP contribution in [0.4, 0.5) is 10.1 Å². The summed E-state index contributed by atoms with van der Waals surface area (Å²) >= 11 is 0.992. The first-order chi connectivity index (χ1) is 12.6. The number of halogens is 1. The summed E-state index contributed by atoms with van der Waals surface area (Å²) in [7, 11) is 1.55. The van der Waals surface area contributed by atoms with Gasteiger partial charge in [0.1, 0.15) is 11.6 Å². The third-order valence-electron chi connectivity index (χ3n) is 3.36. The van der Waals surface area contributed by atoms with E-state index in [0.29, 0.717) is 17.1 Å². The molecule has 0 aliphatic rings. The molecular weight excluding hydrogens is 361 g/mol. The molecule has 0 saturated carbocycles. The molecule has 3 aromatic rings. The highest BCUT2D eigenvalue weighted by Crippen LogP contribution is 2.24. The van der Waals surface area contributed by atoms with E-state index in [4.69, 9.17) is 9.26 Å². The second-order valence-electron chi connectivity index (χ2n) is 5.12. The Hall–Kier alpha value is -3.07. The monoisotopic (exact) mass is 375 g/mol. The minimum absolute atomic E-state index is 0.0377. The summed E-state index contributed by atoms with van der Waals surface area (Å²) in [5.74, 6) is -0.750. The van der Waals surface area contributed by atoms with E-state index in [1.54, 1.807) is 31.4 Å². The molecule has 0 aliphatic heterocycles. The van der Waals surface area contributed by atoms with Crippen molar-refractivity contribution in [1.29, 1.82) is 0 Å². The Balaban J connectivity index is 1.68. The minimum Gasteiger partial charge on any atom is -0.538 e. The molecule has 0 bridgehead atoms. The number of carbonyl (C=O) groups excluding carboxylic acids is 1. The van der Waals surface area contributed by atoms with Gasteiger partial charge in [-0.3, -0.25) is 4.79 Å². The van der Waals surface area contributed by atoms with Crippen LogP contribution in [0.15, 0.2) is 58.1 Å². The molecule has 1 aromatic heterocycles. The van der Waals surface area contributed by atoms with E-state index in [0.717, 1.165) is 11.8 Å². The van der Waals surface area contributed by atoms with E-state index in [1.165, 1.54) is 28.9 Å². The summed E-state index contributed by atoms with van der Waals surface area (Å²) in [6, 6.07) is 12.3. The van der Waals surface area contributed by atoms with Gasteiger partial charge in [-0.2, -0.15) is 0 Å². The number of carbonyl (C=O) groups is 1. The highest BCUT2D eigenvalue weighted by atomic mass is 32.2. The van der Waals surface area contributed by atoms with E-state index in [9.17, 15) is 14.3 Å². The predicted octanol–water partition coefficient (Wildman–Crippen LogP) is 1.90. The maximum absolute atomic E-state index is 12.9. The van der Waals surface area contributed by atoms with Crippen molar-refractivity contribution in [3.05, 3.63) is 54.3 Å². The zero-order valence-electron chi connectivity index (χ0n) is 13.6. The number of aromatic nitrogens is 2. The standard InChI is InChI=1S/C17H14FN3O4S/c1-24-14-8-6-13(7-9-14)21-16(17(23)25-20-21)26-10-15(22)19-12-4-2-11(18)3-5-12/h2-9H,10H2,1H3,(H-,19,20,22,23). The summed E-state index contributed by atoms with van der Waals surface area (Å²) in [5, 5.41) is 18.4. The van der Waals surface area contributed by atoms with Crippen molar-refractivity contribution >= 4 is 23.4 Å². The van der Waals surface area contributed by atoms with Crippen LogP contribution in [0.5, 0.6) is 11.7 Å². The van der Waals surface area contributed by atoms with Gasteiger partial charge in [0.15, 0.2) is 5.95 Å². The number of hydrogen-bond donors (Lipinski definition) is 1. The molecule has 26 heavy (non-hydrogen) atoms. The van der Waals surface area contributed by atoms with Crippen LogP contribution in [0.1, 0.15) is 0 Å². The van der Waals surface area contributed by atoms with Crippen LogP contribution in [0.2, 0.25) is 0 Å². The summed E-state index contributed by atoms with van der Waals surface area (Å²) in [5.41, 5.74) is 1.06. The molecule has 0 fully saturated rings. The molecular formula is C17H14FN3O4S. The topological polar surface area (TPSA) is 91.3 Å². The lowest BCUT2D eigenvalue weighted by molar-refractivity contribution is -0.705. The molecule has 0 atom stereocenters. The SMILES string of the molecule is COc1ccc(-[n+]2noc([O-])c2SCC(=O)Nc2ccc(F)cc2)cc1. The van der Waals surface area contributed by atoms with Crippen molar-refractivity contribution in [1.82, 2.24) is 5.27 Å². The highest BCUT2D eigenvalue weighted by molar-refractivity contribution is 7.99. The van der Waals surface area contributed by atoms with Crippen molar-refractivity contribution < 1.29 is 28.2 Å². The fourth-order valence-corrected chi connectivity index (χ4v) is 2.87. The van der Waals surface area contributed by atoms with E-state index in [2.05, 4.69) is 10.6 Å². The summed E-state index contributed by atoms with van der Waals surface area (Å²) < 4.78 is 24.0. The Morgan fingerprint density at radius 1 is 1.27 bits per heavy atom. The number of nitrogens with zero attached hydrogens (tertiary/aromatic N) is 2. The van der Waals surface area contributed by atoms with Gasteiger partial charge in [0.2, 0.25) is 11.6 Å². The Labute approximate surface area is 152 Å². The number of amides is 1. The lowest BCUT2D eigenvalue weighted by Crippen LogP contribution is -2.35. The molecule has 9 heteroatoms. The van der Waals surface area contributed by atoms with Gasteiger partial charge in [-0.05, 0) is 52.8 Å². The number of rotatable bonds is 6. The third kappa shape index (κ3) is 4.12. The van der Waals surface area contributed by atoms with E-state index >= 15 is 0 Å². The Morgan fingerprint density at radius 2 is 1.96 bits per heavy atom. The maximum Gasteiger partial charge on any atom is 0.298 e. The molecule has 0 radical (unpaired) electrons. The van der Waals surface area contributed by atoms with Crippen molar-refractivity contribution in [3.63, 3.8) is 0 Å². The summed E-state index contributed by atoms with van der Waals surface area (Å²) in [4.78, 5) is 12.0. The van der Waals surface area contributed by atoms with Gasteiger partial charge in [-0.25, -0.2) is 4.39 Å². The van der Waals surface area contributed by atoms with E-state index in [-0.39, 0.29) is 16.7 Å². The molecule has 2 aromatic carbocycles. The Morgan fingerprint density at radius 3 is 2.62 bits per heavy atom. The molecule has 1 heterocycles. The van der Waals surface area contributed by atoms with Crippen LogP contribution in [-0.4, -0.2) is 24.0 Å². The average Bonchev–Trinajstić information content (AvgIpc) is 3.02. The number of nitrogens with one attached hydrogen (secondary N) is 1. The fraction of sp³-hybridized carbons (Fsp3) is 0.118. The lowest BCUT2D eigenvalue weighted by atomic mass is 10.3. The van der Waals surface area contributed by atoms with Crippen LogP contribution in [0.25, 0.3) is 5.69 Å². The van der Waals surface area contributed by atoms with Gasteiger partial charge >= 0.3 is 0 Å². The minimum atomic E-state index is -0.639. The van der Waals surface area contributed by atoms with Gasteiger partial charge in [-0.15, -0.1) is 0 Å². The normalized spacial score (nSPS) is 10.5. The van der Waals surface area contributed by atoms with Crippen LogP contribution < -0.4 is 19.8 Å². The molecule has 7 nitrogen and oxygen atoms in total. The van der Waals surface area contributed by atoms with Gasteiger partial charge in [0, 0.05) is 17.8 Å². The first-order valence-electron chi connectivity index (χ1n) is 7.48. The molecule has 1 amide bonds. The Kier molecular flexibility index (Phi) is 5.37. The second-order valence-corrected chi connectivity index (χ2v) is 6.08. The Bertz CT molecular complexity index is 897. The van der Waals surface area contributed by atoms with Crippen LogP contribution in [0.3, 0.4) is 0 Å². The predicted molar refractivity (Wildman–Crippen MR) is 89.8 cm³/mol. The quantitative estimate of drug-likeness (QED) is 0.523. The lowest BCUT2D eigenvalue weighted by Gasteiger charge is -2.04. The number of anilines is 1. The molecule has 0 saturated heterocycles. The number of hydrogen-bond acceptors (Lipinski definition) is 6.